The monoisotopic (exact) mass is 280 g/mol. The van der Waals surface area contributed by atoms with Crippen LogP contribution in [0, 0.1) is 0 Å². The maximum absolute atomic E-state index is 11.6. The van der Waals surface area contributed by atoms with Gasteiger partial charge in [0.1, 0.15) is 0 Å². The molecule has 110 valence electrons. The number of hydrogen-bond acceptors (Lipinski definition) is 3. The standard InChI is InChI=1S/C14H20N2O4/c1-14(2,20-3)9-16-13(19)15-8-10-5-4-6-11(7-10)12(17)18/h4-7H,8-9H2,1-3H3,(H,17,18)(H2,15,16,19). The Morgan fingerprint density at radius 3 is 2.60 bits per heavy atom. The molecule has 0 radical (unpaired) electrons. The minimum Gasteiger partial charge on any atom is -0.478 e. The molecule has 1 aromatic carbocycles. The third kappa shape index (κ3) is 5.27. The smallest absolute Gasteiger partial charge is 0.335 e. The minimum atomic E-state index is -0.988. The van der Waals surface area contributed by atoms with Crippen molar-refractivity contribution in [3.05, 3.63) is 35.4 Å². The normalized spacial score (nSPS) is 10.9. The molecule has 6 nitrogen and oxygen atoms in total. The number of carboxylic acids is 1. The third-order valence-corrected chi connectivity index (χ3v) is 2.85. The van der Waals surface area contributed by atoms with Crippen molar-refractivity contribution in [3.63, 3.8) is 0 Å². The van der Waals surface area contributed by atoms with E-state index in [1.54, 1.807) is 19.2 Å². The first-order valence-electron chi connectivity index (χ1n) is 6.23. The van der Waals surface area contributed by atoms with Gasteiger partial charge in [-0.05, 0) is 31.5 Å². The highest BCUT2D eigenvalue weighted by Gasteiger charge is 2.17. The zero-order chi connectivity index (χ0) is 15.2. The van der Waals surface area contributed by atoms with E-state index < -0.39 is 11.6 Å². The van der Waals surface area contributed by atoms with E-state index in [9.17, 15) is 9.59 Å². The Bertz CT molecular complexity index is 486. The Morgan fingerprint density at radius 1 is 1.30 bits per heavy atom. The number of aromatic carboxylic acids is 1. The number of nitrogens with one attached hydrogen (secondary N) is 2. The van der Waals surface area contributed by atoms with Gasteiger partial charge in [0.05, 0.1) is 11.2 Å². The lowest BCUT2D eigenvalue weighted by atomic mass is 10.1. The van der Waals surface area contributed by atoms with Crippen molar-refractivity contribution in [2.45, 2.75) is 26.0 Å². The predicted molar refractivity (Wildman–Crippen MR) is 74.7 cm³/mol. The zero-order valence-corrected chi connectivity index (χ0v) is 11.9. The van der Waals surface area contributed by atoms with Crippen LogP contribution in [0.5, 0.6) is 0 Å². The quantitative estimate of drug-likeness (QED) is 0.738. The van der Waals surface area contributed by atoms with Crippen LogP contribution >= 0.6 is 0 Å². The molecule has 0 heterocycles. The van der Waals surface area contributed by atoms with Gasteiger partial charge in [-0.25, -0.2) is 9.59 Å². The van der Waals surface area contributed by atoms with Gasteiger partial charge >= 0.3 is 12.0 Å². The second-order valence-electron chi connectivity index (χ2n) is 5.01. The van der Waals surface area contributed by atoms with Gasteiger partial charge in [-0.15, -0.1) is 0 Å². The maximum Gasteiger partial charge on any atom is 0.335 e. The summed E-state index contributed by atoms with van der Waals surface area (Å²) in [5.74, 6) is -0.988. The first-order valence-corrected chi connectivity index (χ1v) is 6.23. The zero-order valence-electron chi connectivity index (χ0n) is 11.9. The summed E-state index contributed by atoms with van der Waals surface area (Å²) >= 11 is 0. The molecule has 0 aliphatic rings. The molecule has 0 saturated heterocycles. The molecule has 0 bridgehead atoms. The fourth-order valence-corrected chi connectivity index (χ4v) is 1.42. The number of carboxylic acid groups (broad SMARTS) is 1. The highest BCUT2D eigenvalue weighted by molar-refractivity contribution is 5.87. The van der Waals surface area contributed by atoms with E-state index in [0.29, 0.717) is 6.54 Å². The number of urea groups is 1. The Labute approximate surface area is 118 Å². The first-order chi connectivity index (χ1) is 9.34. The highest BCUT2D eigenvalue weighted by atomic mass is 16.5. The van der Waals surface area contributed by atoms with Crippen molar-refractivity contribution in [1.29, 1.82) is 0 Å². The van der Waals surface area contributed by atoms with E-state index in [-0.39, 0.29) is 18.1 Å². The molecule has 20 heavy (non-hydrogen) atoms. The van der Waals surface area contributed by atoms with E-state index >= 15 is 0 Å². The van der Waals surface area contributed by atoms with Crippen molar-refractivity contribution in [1.82, 2.24) is 10.6 Å². The summed E-state index contributed by atoms with van der Waals surface area (Å²) in [6.07, 6.45) is 0. The molecule has 0 unspecified atom stereocenters. The van der Waals surface area contributed by atoms with E-state index in [4.69, 9.17) is 9.84 Å². The molecule has 3 N–H and O–H groups in total. The van der Waals surface area contributed by atoms with Gasteiger partial charge in [-0.3, -0.25) is 0 Å². The Kier molecular flexibility index (Phi) is 5.52. The van der Waals surface area contributed by atoms with Gasteiger partial charge < -0.3 is 20.5 Å². The number of amides is 2. The lowest BCUT2D eigenvalue weighted by Crippen LogP contribution is -2.44. The largest absolute Gasteiger partial charge is 0.478 e. The van der Waals surface area contributed by atoms with Crippen LogP contribution in [0.1, 0.15) is 29.8 Å². The molecule has 6 heteroatoms. The lowest BCUT2D eigenvalue weighted by molar-refractivity contribution is 0.0254. The molecule has 0 atom stereocenters. The van der Waals surface area contributed by atoms with E-state index in [2.05, 4.69) is 10.6 Å². The Hall–Kier alpha value is -2.08. The molecule has 2 amide bonds. The molecular weight excluding hydrogens is 260 g/mol. The van der Waals surface area contributed by atoms with Crippen molar-refractivity contribution in [3.8, 4) is 0 Å². The summed E-state index contributed by atoms with van der Waals surface area (Å²) in [5, 5.41) is 14.2. The van der Waals surface area contributed by atoms with Crippen LogP contribution in [0.4, 0.5) is 4.79 Å². The van der Waals surface area contributed by atoms with Gasteiger partial charge in [-0.1, -0.05) is 12.1 Å². The van der Waals surface area contributed by atoms with Crippen LogP contribution in [0.3, 0.4) is 0 Å². The Morgan fingerprint density at radius 2 is 2.00 bits per heavy atom. The van der Waals surface area contributed by atoms with Gasteiger partial charge in [0.2, 0.25) is 0 Å². The summed E-state index contributed by atoms with van der Waals surface area (Å²) in [4.78, 5) is 22.4. The summed E-state index contributed by atoms with van der Waals surface area (Å²) in [7, 11) is 1.58. The van der Waals surface area contributed by atoms with Crippen LogP contribution in [-0.4, -0.2) is 36.4 Å². The van der Waals surface area contributed by atoms with Crippen molar-refractivity contribution in [2.24, 2.45) is 0 Å². The van der Waals surface area contributed by atoms with E-state index in [1.165, 1.54) is 12.1 Å². The number of ether oxygens (including phenoxy) is 1. The van der Waals surface area contributed by atoms with Crippen molar-refractivity contribution >= 4 is 12.0 Å². The van der Waals surface area contributed by atoms with Gasteiger partial charge in [-0.2, -0.15) is 0 Å². The number of carbonyl (C=O) groups excluding carboxylic acids is 1. The summed E-state index contributed by atoms with van der Waals surface area (Å²) < 4.78 is 5.19. The number of methoxy groups -OCH3 is 1. The number of hydrogen-bond donors (Lipinski definition) is 3. The third-order valence-electron chi connectivity index (χ3n) is 2.85. The van der Waals surface area contributed by atoms with E-state index in [1.807, 2.05) is 13.8 Å². The molecule has 0 saturated carbocycles. The highest BCUT2D eigenvalue weighted by Crippen LogP contribution is 2.06. The lowest BCUT2D eigenvalue weighted by Gasteiger charge is -2.23. The summed E-state index contributed by atoms with van der Waals surface area (Å²) in [6, 6.07) is 6.11. The van der Waals surface area contributed by atoms with Crippen LogP contribution in [0.25, 0.3) is 0 Å². The van der Waals surface area contributed by atoms with Crippen LogP contribution < -0.4 is 10.6 Å². The molecule has 1 aromatic rings. The minimum absolute atomic E-state index is 0.199. The summed E-state index contributed by atoms with van der Waals surface area (Å²) in [6.45, 7) is 4.37. The van der Waals surface area contributed by atoms with Crippen molar-refractivity contribution < 1.29 is 19.4 Å². The second-order valence-corrected chi connectivity index (χ2v) is 5.01. The average molecular weight is 280 g/mol. The number of benzene rings is 1. The van der Waals surface area contributed by atoms with Crippen LogP contribution in [0.2, 0.25) is 0 Å². The van der Waals surface area contributed by atoms with Gasteiger partial charge in [0.25, 0.3) is 0 Å². The SMILES string of the molecule is COC(C)(C)CNC(=O)NCc1cccc(C(=O)O)c1. The molecule has 0 aliphatic carbocycles. The molecule has 0 aromatic heterocycles. The topological polar surface area (TPSA) is 87.7 Å². The first kappa shape index (κ1) is 16.0. The van der Waals surface area contributed by atoms with Gasteiger partial charge in [0.15, 0.2) is 0 Å². The van der Waals surface area contributed by atoms with Crippen LogP contribution in [-0.2, 0) is 11.3 Å². The fourth-order valence-electron chi connectivity index (χ4n) is 1.42. The van der Waals surface area contributed by atoms with Crippen LogP contribution in [0.15, 0.2) is 24.3 Å². The molecule has 0 spiro atoms. The average Bonchev–Trinajstić information content (AvgIpc) is 2.43. The predicted octanol–water partition coefficient (Wildman–Crippen LogP) is 1.61. The number of rotatable bonds is 6. The molecule has 1 rings (SSSR count). The van der Waals surface area contributed by atoms with E-state index in [0.717, 1.165) is 5.56 Å². The van der Waals surface area contributed by atoms with Crippen molar-refractivity contribution in [2.75, 3.05) is 13.7 Å². The maximum atomic E-state index is 11.6. The summed E-state index contributed by atoms with van der Waals surface area (Å²) in [5.41, 5.74) is 0.497. The molecule has 0 fully saturated rings. The Balaban J connectivity index is 2.45. The molecular formula is C14H20N2O4. The van der Waals surface area contributed by atoms with Gasteiger partial charge in [0, 0.05) is 20.2 Å². The molecule has 0 aliphatic heterocycles. The second kappa shape index (κ2) is 6.91. The fraction of sp³-hybridized carbons (Fsp3) is 0.429. The number of carbonyl (C=O) groups is 2.